The van der Waals surface area contributed by atoms with Gasteiger partial charge in [0.25, 0.3) is 0 Å². The van der Waals surface area contributed by atoms with Crippen LogP contribution in [-0.4, -0.2) is 5.54 Å². The van der Waals surface area contributed by atoms with Crippen molar-refractivity contribution in [3.8, 4) is 0 Å². The molecule has 11 heavy (non-hydrogen) atoms. The lowest BCUT2D eigenvalue weighted by Crippen LogP contribution is -2.32. The van der Waals surface area contributed by atoms with Gasteiger partial charge in [0.2, 0.25) is 0 Å². The Morgan fingerprint density at radius 1 is 1.27 bits per heavy atom. The molecule has 2 N–H and O–H groups in total. The van der Waals surface area contributed by atoms with Gasteiger partial charge in [0.1, 0.15) is 0 Å². The largest absolute Gasteiger partial charge is 0.322 e. The number of hydrogen-bond acceptors (Lipinski definition) is 1. The third-order valence-corrected chi connectivity index (χ3v) is 1.58. The lowest BCUT2D eigenvalue weighted by molar-refractivity contribution is 0.609. The first-order chi connectivity index (χ1) is 4.84. The van der Waals surface area contributed by atoms with Gasteiger partial charge in [0.15, 0.2) is 0 Å². The summed E-state index contributed by atoms with van der Waals surface area (Å²) in [5.74, 6) is -0.200. The Labute approximate surface area is 67.8 Å². The first kappa shape index (κ1) is 10.4. The second-order valence-electron chi connectivity index (χ2n) is 3.32. The molecule has 0 unspecified atom stereocenters. The Balaban J connectivity index is 4.36. The van der Waals surface area contributed by atoms with E-state index >= 15 is 0 Å². The summed E-state index contributed by atoms with van der Waals surface area (Å²) in [7, 11) is 0. The molecule has 0 bridgehead atoms. The van der Waals surface area contributed by atoms with Crippen LogP contribution in [0.25, 0.3) is 0 Å². The summed E-state index contributed by atoms with van der Waals surface area (Å²) >= 11 is 0. The fourth-order valence-electron chi connectivity index (χ4n) is 0.455. The van der Waals surface area contributed by atoms with Gasteiger partial charge >= 0.3 is 0 Å². The molecule has 1 nitrogen and oxygen atoms in total. The number of rotatable bonds is 2. The maximum absolute atomic E-state index is 12.2. The Morgan fingerprint density at radius 3 is 2.00 bits per heavy atom. The summed E-state index contributed by atoms with van der Waals surface area (Å²) in [6, 6.07) is 0. The van der Waals surface area contributed by atoms with E-state index in [1.165, 1.54) is 13.0 Å². The van der Waals surface area contributed by atoms with E-state index < -0.39 is 0 Å². The smallest absolute Gasteiger partial charge is 0.0968 e. The fourth-order valence-corrected chi connectivity index (χ4v) is 0.455. The number of hydrogen-bond donors (Lipinski definition) is 1. The van der Waals surface area contributed by atoms with Gasteiger partial charge in [-0.15, -0.1) is 0 Å². The van der Waals surface area contributed by atoms with Crippen LogP contribution in [0, 0.1) is 0 Å². The quantitative estimate of drug-likeness (QED) is 0.612. The minimum atomic E-state index is -0.355. The third kappa shape index (κ3) is 4.73. The van der Waals surface area contributed by atoms with Crippen molar-refractivity contribution < 1.29 is 4.39 Å². The molecule has 0 atom stereocenters. The van der Waals surface area contributed by atoms with E-state index in [0.717, 1.165) is 5.57 Å². The average Bonchev–Trinajstić information content (AvgIpc) is 1.80. The number of halogens is 1. The standard InChI is InChI=1S/C9H16FN/c1-7(9(3,4)11)5-6-8(2)10/h5-6H,11H2,1-4H3/b7-5+,8-6+. The van der Waals surface area contributed by atoms with Crippen molar-refractivity contribution in [2.24, 2.45) is 5.73 Å². The molecule has 2 heteroatoms. The molecule has 0 radical (unpaired) electrons. The van der Waals surface area contributed by atoms with Gasteiger partial charge in [-0.25, -0.2) is 4.39 Å². The zero-order valence-electron chi connectivity index (χ0n) is 7.61. The predicted molar refractivity (Wildman–Crippen MR) is 46.9 cm³/mol. The Morgan fingerprint density at radius 2 is 1.73 bits per heavy atom. The summed E-state index contributed by atoms with van der Waals surface area (Å²) in [4.78, 5) is 0. The van der Waals surface area contributed by atoms with E-state index in [-0.39, 0.29) is 11.4 Å². The molecule has 0 saturated heterocycles. The highest BCUT2D eigenvalue weighted by molar-refractivity contribution is 5.20. The van der Waals surface area contributed by atoms with Crippen LogP contribution in [0.5, 0.6) is 0 Å². The van der Waals surface area contributed by atoms with Crippen molar-refractivity contribution in [3.05, 3.63) is 23.6 Å². The van der Waals surface area contributed by atoms with Gasteiger partial charge in [-0.1, -0.05) is 11.6 Å². The monoisotopic (exact) mass is 157 g/mol. The van der Waals surface area contributed by atoms with Crippen LogP contribution in [0.1, 0.15) is 27.7 Å². The SMILES string of the molecule is C/C(F)=C\C=C(/C)C(C)(C)N. The summed E-state index contributed by atoms with van der Waals surface area (Å²) < 4.78 is 12.2. The van der Waals surface area contributed by atoms with Crippen molar-refractivity contribution in [2.45, 2.75) is 33.2 Å². The molecule has 0 aromatic carbocycles. The molecule has 64 valence electrons. The molecule has 0 spiro atoms. The van der Waals surface area contributed by atoms with Crippen molar-refractivity contribution in [1.29, 1.82) is 0 Å². The molecule has 0 aliphatic rings. The van der Waals surface area contributed by atoms with Gasteiger partial charge in [0.05, 0.1) is 5.83 Å². The van der Waals surface area contributed by atoms with Gasteiger partial charge in [-0.05, 0) is 33.8 Å². The maximum atomic E-state index is 12.2. The molecule has 0 aromatic rings. The van der Waals surface area contributed by atoms with Crippen molar-refractivity contribution >= 4 is 0 Å². The second-order valence-corrected chi connectivity index (χ2v) is 3.32. The number of nitrogens with two attached hydrogens (primary N) is 1. The summed E-state index contributed by atoms with van der Waals surface area (Å²) in [5.41, 5.74) is 6.36. The second kappa shape index (κ2) is 3.67. The molecule has 0 amide bonds. The van der Waals surface area contributed by atoms with Gasteiger partial charge in [0, 0.05) is 5.54 Å². The van der Waals surface area contributed by atoms with Crippen LogP contribution in [0.15, 0.2) is 23.6 Å². The van der Waals surface area contributed by atoms with Crippen molar-refractivity contribution in [2.75, 3.05) is 0 Å². The summed E-state index contributed by atoms with van der Waals surface area (Å²) in [5, 5.41) is 0. The molecular weight excluding hydrogens is 141 g/mol. The van der Waals surface area contributed by atoms with Crippen LogP contribution >= 0.6 is 0 Å². The van der Waals surface area contributed by atoms with Crippen molar-refractivity contribution in [3.63, 3.8) is 0 Å². The van der Waals surface area contributed by atoms with Crippen LogP contribution in [0.4, 0.5) is 4.39 Å². The lowest BCUT2D eigenvalue weighted by Gasteiger charge is -2.18. The fraction of sp³-hybridized carbons (Fsp3) is 0.556. The van der Waals surface area contributed by atoms with Crippen LogP contribution in [0.2, 0.25) is 0 Å². The first-order valence-corrected chi connectivity index (χ1v) is 3.64. The molecule has 0 rings (SSSR count). The predicted octanol–water partition coefficient (Wildman–Crippen LogP) is 2.54. The molecule has 0 aromatic heterocycles. The lowest BCUT2D eigenvalue weighted by atomic mass is 9.97. The van der Waals surface area contributed by atoms with E-state index in [1.807, 2.05) is 20.8 Å². The van der Waals surface area contributed by atoms with Crippen molar-refractivity contribution in [1.82, 2.24) is 0 Å². The summed E-state index contributed by atoms with van der Waals surface area (Å²) in [6.45, 7) is 7.08. The third-order valence-electron chi connectivity index (χ3n) is 1.58. The van der Waals surface area contributed by atoms with Crippen LogP contribution in [-0.2, 0) is 0 Å². The Kier molecular flexibility index (Phi) is 3.46. The highest BCUT2D eigenvalue weighted by Crippen LogP contribution is 2.11. The molecule has 0 heterocycles. The summed E-state index contributed by atoms with van der Waals surface area (Å²) in [6.07, 6.45) is 3.12. The van der Waals surface area contributed by atoms with E-state index in [4.69, 9.17) is 5.73 Å². The molecule has 0 aliphatic carbocycles. The van der Waals surface area contributed by atoms with E-state index in [1.54, 1.807) is 6.08 Å². The number of allylic oxidation sites excluding steroid dienone is 3. The molecule has 0 aliphatic heterocycles. The van der Waals surface area contributed by atoms with Crippen LogP contribution < -0.4 is 5.73 Å². The minimum absolute atomic E-state index is 0.200. The topological polar surface area (TPSA) is 26.0 Å². The Hall–Kier alpha value is -0.630. The first-order valence-electron chi connectivity index (χ1n) is 3.64. The zero-order valence-corrected chi connectivity index (χ0v) is 7.61. The highest BCUT2D eigenvalue weighted by atomic mass is 19.1. The minimum Gasteiger partial charge on any atom is -0.322 e. The Bertz CT molecular complexity index is 180. The highest BCUT2D eigenvalue weighted by Gasteiger charge is 2.11. The van der Waals surface area contributed by atoms with E-state index in [0.29, 0.717) is 0 Å². The van der Waals surface area contributed by atoms with E-state index in [2.05, 4.69) is 0 Å². The average molecular weight is 157 g/mol. The van der Waals surface area contributed by atoms with Crippen LogP contribution in [0.3, 0.4) is 0 Å². The van der Waals surface area contributed by atoms with Gasteiger partial charge in [-0.2, -0.15) is 0 Å². The molecular formula is C9H16FN. The van der Waals surface area contributed by atoms with Gasteiger partial charge in [-0.3, -0.25) is 0 Å². The maximum Gasteiger partial charge on any atom is 0.0968 e. The normalized spacial score (nSPS) is 15.5. The van der Waals surface area contributed by atoms with E-state index in [9.17, 15) is 4.39 Å². The zero-order chi connectivity index (χ0) is 9.07. The molecule has 0 saturated carbocycles. The molecule has 0 fully saturated rings. The van der Waals surface area contributed by atoms with Gasteiger partial charge < -0.3 is 5.73 Å².